The fraction of sp³-hybridized carbons (Fsp3) is 0.120. The van der Waals surface area contributed by atoms with Crippen LogP contribution in [0.25, 0.3) is 0 Å². The number of aromatic hydroxyl groups is 1. The van der Waals surface area contributed by atoms with Gasteiger partial charge in [0.05, 0.1) is 11.4 Å². The number of phenols is 1. The molecule has 0 saturated heterocycles. The molecule has 34 heavy (non-hydrogen) atoms. The standard InChI is InChI=1S/C25H23Br2N3O4/c1-15(6-13-23(32)30-21-5-3-2-4-20(21)28)24(19-14-17(27)9-12-22(19)31)34-25(33)29-18-10-7-16(26)8-11-18/h2-15,24,31H,28H2,1H3,(H,29,33)(H,30,32)/b13-6+/t15-,24-/m0/s1. The predicted molar refractivity (Wildman–Crippen MR) is 141 cm³/mol. The average molecular weight is 589 g/mol. The Balaban J connectivity index is 1.78. The first-order valence-electron chi connectivity index (χ1n) is 10.3. The summed E-state index contributed by atoms with van der Waals surface area (Å²) < 4.78 is 7.27. The summed E-state index contributed by atoms with van der Waals surface area (Å²) in [6, 6.07) is 18.8. The van der Waals surface area contributed by atoms with Crippen molar-refractivity contribution < 1.29 is 19.4 Å². The van der Waals surface area contributed by atoms with Gasteiger partial charge in [-0.3, -0.25) is 10.1 Å². The van der Waals surface area contributed by atoms with Crippen LogP contribution in [0.1, 0.15) is 18.6 Å². The van der Waals surface area contributed by atoms with E-state index in [0.29, 0.717) is 27.1 Å². The van der Waals surface area contributed by atoms with Crippen molar-refractivity contribution in [2.45, 2.75) is 13.0 Å². The van der Waals surface area contributed by atoms with Crippen LogP contribution in [0.4, 0.5) is 21.9 Å². The van der Waals surface area contributed by atoms with E-state index in [0.717, 1.165) is 4.47 Å². The number of amides is 2. The van der Waals surface area contributed by atoms with E-state index in [1.165, 1.54) is 12.1 Å². The highest BCUT2D eigenvalue weighted by atomic mass is 79.9. The van der Waals surface area contributed by atoms with Crippen LogP contribution in [0.5, 0.6) is 5.75 Å². The number of ether oxygens (including phenoxy) is 1. The van der Waals surface area contributed by atoms with Crippen molar-refractivity contribution in [3.8, 4) is 5.75 Å². The zero-order valence-electron chi connectivity index (χ0n) is 18.2. The first-order chi connectivity index (χ1) is 16.2. The largest absolute Gasteiger partial charge is 0.508 e. The number of carbonyl (C=O) groups is 2. The Bertz CT molecular complexity index is 1200. The summed E-state index contributed by atoms with van der Waals surface area (Å²) in [6.07, 6.45) is 1.37. The third kappa shape index (κ3) is 7.10. The molecular formula is C25H23Br2N3O4. The number of anilines is 3. The molecule has 3 aromatic rings. The minimum Gasteiger partial charge on any atom is -0.508 e. The van der Waals surface area contributed by atoms with E-state index in [1.54, 1.807) is 73.7 Å². The van der Waals surface area contributed by atoms with Gasteiger partial charge in [-0.2, -0.15) is 0 Å². The number of hydrogen-bond acceptors (Lipinski definition) is 5. The molecule has 0 bridgehead atoms. The number of rotatable bonds is 7. The molecule has 0 aliphatic carbocycles. The summed E-state index contributed by atoms with van der Waals surface area (Å²) in [5.74, 6) is -0.887. The summed E-state index contributed by atoms with van der Waals surface area (Å²) in [5, 5.41) is 15.8. The van der Waals surface area contributed by atoms with Gasteiger partial charge >= 0.3 is 6.09 Å². The number of nitrogens with two attached hydrogens (primary N) is 1. The molecule has 0 unspecified atom stereocenters. The van der Waals surface area contributed by atoms with E-state index in [2.05, 4.69) is 42.5 Å². The first-order valence-corrected chi connectivity index (χ1v) is 11.9. The molecule has 0 aliphatic heterocycles. The molecule has 0 aromatic heterocycles. The van der Waals surface area contributed by atoms with Crippen molar-refractivity contribution >= 4 is 60.9 Å². The summed E-state index contributed by atoms with van der Waals surface area (Å²) in [7, 11) is 0. The second-order valence-electron chi connectivity index (χ2n) is 7.46. The Hall–Kier alpha value is -3.30. The number of hydrogen-bond donors (Lipinski definition) is 4. The number of carbonyl (C=O) groups excluding carboxylic acids is 2. The molecule has 0 fully saturated rings. The number of benzene rings is 3. The van der Waals surface area contributed by atoms with Gasteiger partial charge in [0.25, 0.3) is 0 Å². The van der Waals surface area contributed by atoms with Crippen molar-refractivity contribution in [2.75, 3.05) is 16.4 Å². The van der Waals surface area contributed by atoms with Crippen molar-refractivity contribution in [3.05, 3.63) is 93.4 Å². The van der Waals surface area contributed by atoms with Crippen LogP contribution in [0, 0.1) is 5.92 Å². The molecule has 0 saturated carbocycles. The van der Waals surface area contributed by atoms with Gasteiger partial charge < -0.3 is 20.9 Å². The van der Waals surface area contributed by atoms with Gasteiger partial charge in [0.15, 0.2) is 0 Å². The molecule has 176 valence electrons. The maximum absolute atomic E-state index is 12.6. The third-order valence-corrected chi connectivity index (χ3v) is 5.89. The highest BCUT2D eigenvalue weighted by molar-refractivity contribution is 9.10. The fourth-order valence-electron chi connectivity index (χ4n) is 3.13. The van der Waals surface area contributed by atoms with Gasteiger partial charge in [-0.25, -0.2) is 4.79 Å². The van der Waals surface area contributed by atoms with Crippen molar-refractivity contribution in [3.63, 3.8) is 0 Å². The number of phenolic OH excluding ortho intramolecular Hbond substituents is 1. The van der Waals surface area contributed by atoms with Crippen LogP contribution in [0.15, 0.2) is 87.8 Å². The van der Waals surface area contributed by atoms with E-state index in [-0.39, 0.29) is 11.7 Å². The Morgan fingerprint density at radius 1 is 1.00 bits per heavy atom. The molecule has 3 aromatic carbocycles. The lowest BCUT2D eigenvalue weighted by atomic mass is 9.96. The number of nitrogens with one attached hydrogen (secondary N) is 2. The Kier molecular flexibility index (Phi) is 8.72. The molecular weight excluding hydrogens is 566 g/mol. The molecule has 3 rings (SSSR count). The van der Waals surface area contributed by atoms with Crippen LogP contribution in [-0.2, 0) is 9.53 Å². The number of halogens is 2. The zero-order chi connectivity index (χ0) is 24.7. The van der Waals surface area contributed by atoms with E-state index >= 15 is 0 Å². The van der Waals surface area contributed by atoms with Crippen molar-refractivity contribution in [1.29, 1.82) is 0 Å². The molecule has 9 heteroatoms. The maximum Gasteiger partial charge on any atom is 0.412 e. The van der Waals surface area contributed by atoms with Crippen LogP contribution in [-0.4, -0.2) is 17.1 Å². The molecule has 5 N–H and O–H groups in total. The lowest BCUT2D eigenvalue weighted by Gasteiger charge is -2.23. The summed E-state index contributed by atoms with van der Waals surface area (Å²) in [4.78, 5) is 25.0. The Morgan fingerprint density at radius 3 is 2.38 bits per heavy atom. The molecule has 0 spiro atoms. The minimum absolute atomic E-state index is 0.0357. The normalized spacial score (nSPS) is 12.7. The molecule has 2 atom stereocenters. The average Bonchev–Trinajstić information content (AvgIpc) is 2.80. The molecule has 0 radical (unpaired) electrons. The van der Waals surface area contributed by atoms with E-state index in [1.807, 2.05) is 0 Å². The van der Waals surface area contributed by atoms with Crippen LogP contribution < -0.4 is 16.4 Å². The van der Waals surface area contributed by atoms with E-state index in [9.17, 15) is 14.7 Å². The minimum atomic E-state index is -0.876. The third-order valence-electron chi connectivity index (χ3n) is 4.87. The Morgan fingerprint density at radius 2 is 1.68 bits per heavy atom. The SMILES string of the molecule is C[C@@H](/C=C/C(=O)Nc1ccccc1N)[C@H](OC(=O)Nc1ccc(Br)cc1)c1cc(Br)ccc1O. The maximum atomic E-state index is 12.6. The first kappa shape index (κ1) is 25.3. The van der Waals surface area contributed by atoms with Gasteiger partial charge in [-0.15, -0.1) is 0 Å². The van der Waals surface area contributed by atoms with Crippen LogP contribution in [0.3, 0.4) is 0 Å². The van der Waals surface area contributed by atoms with Gasteiger partial charge in [0.2, 0.25) is 5.91 Å². The van der Waals surface area contributed by atoms with Gasteiger partial charge in [0.1, 0.15) is 11.9 Å². The highest BCUT2D eigenvalue weighted by Gasteiger charge is 2.25. The van der Waals surface area contributed by atoms with Crippen molar-refractivity contribution in [1.82, 2.24) is 0 Å². The molecule has 0 heterocycles. The second-order valence-corrected chi connectivity index (χ2v) is 9.29. The number of para-hydroxylation sites is 2. The van der Waals surface area contributed by atoms with Gasteiger partial charge in [-0.05, 0) is 60.7 Å². The molecule has 0 aliphatic rings. The Labute approximate surface area is 214 Å². The monoisotopic (exact) mass is 587 g/mol. The lowest BCUT2D eigenvalue weighted by Crippen LogP contribution is -2.21. The predicted octanol–water partition coefficient (Wildman–Crippen LogP) is 6.62. The van der Waals surface area contributed by atoms with Gasteiger partial charge in [-0.1, -0.05) is 57.0 Å². The smallest absolute Gasteiger partial charge is 0.412 e. The zero-order valence-corrected chi connectivity index (χ0v) is 21.3. The van der Waals surface area contributed by atoms with Crippen molar-refractivity contribution in [2.24, 2.45) is 5.92 Å². The van der Waals surface area contributed by atoms with Crippen LogP contribution in [0.2, 0.25) is 0 Å². The molecule has 7 nitrogen and oxygen atoms in total. The summed E-state index contributed by atoms with van der Waals surface area (Å²) >= 11 is 6.73. The second kappa shape index (κ2) is 11.7. The summed E-state index contributed by atoms with van der Waals surface area (Å²) in [5.41, 5.74) is 7.75. The molecule has 2 amide bonds. The van der Waals surface area contributed by atoms with Gasteiger partial charge in [0, 0.05) is 26.1 Å². The van der Waals surface area contributed by atoms with Crippen LogP contribution >= 0.6 is 31.9 Å². The van der Waals surface area contributed by atoms with E-state index < -0.39 is 18.1 Å². The van der Waals surface area contributed by atoms with E-state index in [4.69, 9.17) is 10.5 Å². The lowest BCUT2D eigenvalue weighted by molar-refractivity contribution is -0.111. The quantitative estimate of drug-likeness (QED) is 0.183. The summed E-state index contributed by atoms with van der Waals surface area (Å²) in [6.45, 7) is 1.78. The highest BCUT2D eigenvalue weighted by Crippen LogP contribution is 2.35. The number of nitrogen functional groups attached to an aromatic ring is 1. The topological polar surface area (TPSA) is 114 Å². The fourth-order valence-corrected chi connectivity index (χ4v) is 3.77.